The number of benzene rings is 1. The molecule has 96 valence electrons. The first-order valence-corrected chi connectivity index (χ1v) is 6.42. The smallest absolute Gasteiger partial charge is 0.247 e. The Bertz CT molecular complexity index is 461. The van der Waals surface area contributed by atoms with Crippen LogP contribution in [0.2, 0.25) is 0 Å². The molecule has 0 aliphatic heterocycles. The molecule has 0 aliphatic rings. The topological polar surface area (TPSA) is 55.6 Å². The lowest BCUT2D eigenvalue weighted by atomic mass is 10.0. The minimum atomic E-state index is 0.658. The van der Waals surface area contributed by atoms with E-state index in [0.717, 1.165) is 25.1 Å². The highest BCUT2D eigenvalue weighted by Crippen LogP contribution is 2.13. The van der Waals surface area contributed by atoms with E-state index in [4.69, 9.17) is 0 Å². The third-order valence-electron chi connectivity index (χ3n) is 3.17. The van der Waals surface area contributed by atoms with Gasteiger partial charge >= 0.3 is 0 Å². The van der Waals surface area contributed by atoms with E-state index in [0.29, 0.717) is 11.9 Å². The first-order chi connectivity index (χ1) is 8.85. The predicted octanol–water partition coefficient (Wildman–Crippen LogP) is 2.51. The monoisotopic (exact) mass is 245 g/mol. The maximum Gasteiger partial charge on any atom is 0.247 e. The van der Waals surface area contributed by atoms with Gasteiger partial charge in [-0.2, -0.15) is 4.68 Å². The normalized spacial score (nSPS) is 10.8. The summed E-state index contributed by atoms with van der Waals surface area (Å²) >= 11 is 0. The molecule has 1 aromatic heterocycles. The molecule has 0 aliphatic carbocycles. The molecule has 5 nitrogen and oxygen atoms in total. The van der Waals surface area contributed by atoms with Gasteiger partial charge in [0.15, 0.2) is 0 Å². The molecule has 0 bridgehead atoms. The number of rotatable bonds is 6. The van der Waals surface area contributed by atoms with Crippen molar-refractivity contribution >= 4 is 5.95 Å². The fourth-order valence-corrected chi connectivity index (χ4v) is 1.85. The van der Waals surface area contributed by atoms with Crippen molar-refractivity contribution in [2.45, 2.75) is 26.7 Å². The van der Waals surface area contributed by atoms with Crippen LogP contribution < -0.4 is 5.32 Å². The Morgan fingerprint density at radius 2 is 1.89 bits per heavy atom. The number of aromatic nitrogens is 4. The Morgan fingerprint density at radius 3 is 2.56 bits per heavy atom. The van der Waals surface area contributed by atoms with Crippen LogP contribution in [0.5, 0.6) is 0 Å². The Balaban J connectivity index is 2.09. The van der Waals surface area contributed by atoms with Crippen molar-refractivity contribution in [1.82, 2.24) is 20.2 Å². The largest absolute Gasteiger partial charge is 0.352 e. The average Bonchev–Trinajstić information content (AvgIpc) is 2.89. The second kappa shape index (κ2) is 6.14. The molecule has 0 fully saturated rings. The standard InChI is InChI=1S/C13H19N5/c1-3-11(4-2)10-14-13-15-16-17-18(13)12-8-6-5-7-9-12/h5-9,11H,3-4,10H2,1-2H3,(H,14,15,17). The van der Waals surface area contributed by atoms with Crippen LogP contribution in [0.1, 0.15) is 26.7 Å². The van der Waals surface area contributed by atoms with Crippen molar-refractivity contribution in [1.29, 1.82) is 0 Å². The minimum Gasteiger partial charge on any atom is -0.352 e. The molecule has 2 rings (SSSR count). The van der Waals surface area contributed by atoms with Gasteiger partial charge in [-0.3, -0.25) is 0 Å². The highest BCUT2D eigenvalue weighted by atomic mass is 15.6. The Labute approximate surface area is 107 Å². The Hall–Kier alpha value is -1.91. The first kappa shape index (κ1) is 12.5. The molecule has 5 heteroatoms. The summed E-state index contributed by atoms with van der Waals surface area (Å²) in [6.45, 7) is 5.31. The molecule has 0 spiro atoms. The Kier molecular flexibility index (Phi) is 4.28. The number of anilines is 1. The van der Waals surface area contributed by atoms with Gasteiger partial charge < -0.3 is 5.32 Å². The summed E-state index contributed by atoms with van der Waals surface area (Å²) in [6, 6.07) is 9.89. The molecule has 1 heterocycles. The highest BCUT2D eigenvalue weighted by Gasteiger charge is 2.09. The van der Waals surface area contributed by atoms with Gasteiger partial charge in [0.2, 0.25) is 5.95 Å². The summed E-state index contributed by atoms with van der Waals surface area (Å²) in [7, 11) is 0. The molecule has 0 atom stereocenters. The van der Waals surface area contributed by atoms with Crippen LogP contribution in [-0.4, -0.2) is 26.8 Å². The summed E-state index contributed by atoms with van der Waals surface area (Å²) in [5.74, 6) is 1.36. The molecule has 0 unspecified atom stereocenters. The number of nitrogens with one attached hydrogen (secondary N) is 1. The summed E-state index contributed by atoms with van der Waals surface area (Å²) < 4.78 is 1.72. The lowest BCUT2D eigenvalue weighted by Gasteiger charge is -2.13. The van der Waals surface area contributed by atoms with Crippen LogP contribution in [0.3, 0.4) is 0 Å². The molecule has 0 radical (unpaired) electrons. The van der Waals surface area contributed by atoms with E-state index in [1.165, 1.54) is 0 Å². The molecule has 1 aromatic carbocycles. The van der Waals surface area contributed by atoms with E-state index in [9.17, 15) is 0 Å². The number of nitrogens with zero attached hydrogens (tertiary/aromatic N) is 4. The van der Waals surface area contributed by atoms with E-state index in [-0.39, 0.29) is 0 Å². The van der Waals surface area contributed by atoms with Crippen LogP contribution in [0.4, 0.5) is 5.95 Å². The van der Waals surface area contributed by atoms with Gasteiger partial charge in [-0.15, -0.1) is 0 Å². The number of hydrogen-bond acceptors (Lipinski definition) is 4. The van der Waals surface area contributed by atoms with E-state index in [1.54, 1.807) is 4.68 Å². The van der Waals surface area contributed by atoms with Gasteiger partial charge in [-0.05, 0) is 28.5 Å². The fraction of sp³-hybridized carbons (Fsp3) is 0.462. The van der Waals surface area contributed by atoms with Crippen LogP contribution in [-0.2, 0) is 0 Å². The molecule has 0 amide bonds. The molecule has 18 heavy (non-hydrogen) atoms. The second-order valence-electron chi connectivity index (χ2n) is 4.31. The van der Waals surface area contributed by atoms with Gasteiger partial charge in [-0.1, -0.05) is 50.0 Å². The molecule has 0 saturated heterocycles. The van der Waals surface area contributed by atoms with Crippen molar-refractivity contribution in [3.8, 4) is 5.69 Å². The summed E-state index contributed by atoms with van der Waals surface area (Å²) in [4.78, 5) is 0. The van der Waals surface area contributed by atoms with Crippen molar-refractivity contribution < 1.29 is 0 Å². The van der Waals surface area contributed by atoms with Crippen LogP contribution >= 0.6 is 0 Å². The van der Waals surface area contributed by atoms with Gasteiger partial charge in [0.1, 0.15) is 0 Å². The second-order valence-corrected chi connectivity index (χ2v) is 4.31. The summed E-state index contributed by atoms with van der Waals surface area (Å²) in [6.07, 6.45) is 2.33. The number of hydrogen-bond donors (Lipinski definition) is 1. The van der Waals surface area contributed by atoms with Gasteiger partial charge in [0.25, 0.3) is 0 Å². The van der Waals surface area contributed by atoms with Gasteiger partial charge in [-0.25, -0.2) is 0 Å². The molecule has 2 aromatic rings. The van der Waals surface area contributed by atoms with Crippen LogP contribution in [0.25, 0.3) is 5.69 Å². The molecular weight excluding hydrogens is 226 g/mol. The zero-order valence-electron chi connectivity index (χ0n) is 10.9. The van der Waals surface area contributed by atoms with E-state index < -0.39 is 0 Å². The van der Waals surface area contributed by atoms with E-state index in [2.05, 4.69) is 34.7 Å². The van der Waals surface area contributed by atoms with Crippen molar-refractivity contribution in [2.24, 2.45) is 5.92 Å². The maximum atomic E-state index is 4.02. The quantitative estimate of drug-likeness (QED) is 0.849. The zero-order chi connectivity index (χ0) is 12.8. The number of tetrazole rings is 1. The van der Waals surface area contributed by atoms with Crippen LogP contribution in [0, 0.1) is 5.92 Å². The fourth-order valence-electron chi connectivity index (χ4n) is 1.85. The molecular formula is C13H19N5. The molecule has 1 N–H and O–H groups in total. The van der Waals surface area contributed by atoms with E-state index >= 15 is 0 Å². The van der Waals surface area contributed by atoms with Crippen molar-refractivity contribution in [3.63, 3.8) is 0 Å². The van der Waals surface area contributed by atoms with Crippen LogP contribution in [0.15, 0.2) is 30.3 Å². The zero-order valence-corrected chi connectivity index (χ0v) is 10.9. The lowest BCUT2D eigenvalue weighted by Crippen LogP contribution is -2.15. The predicted molar refractivity (Wildman–Crippen MR) is 71.7 cm³/mol. The van der Waals surface area contributed by atoms with Gasteiger partial charge in [0.05, 0.1) is 5.69 Å². The van der Waals surface area contributed by atoms with Crippen molar-refractivity contribution in [3.05, 3.63) is 30.3 Å². The first-order valence-electron chi connectivity index (χ1n) is 6.42. The average molecular weight is 245 g/mol. The summed E-state index contributed by atoms with van der Waals surface area (Å²) in [5, 5.41) is 15.1. The highest BCUT2D eigenvalue weighted by molar-refractivity contribution is 5.38. The maximum absolute atomic E-state index is 4.02. The third kappa shape index (κ3) is 2.85. The Morgan fingerprint density at radius 1 is 1.17 bits per heavy atom. The number of para-hydroxylation sites is 1. The third-order valence-corrected chi connectivity index (χ3v) is 3.17. The van der Waals surface area contributed by atoms with Crippen molar-refractivity contribution in [2.75, 3.05) is 11.9 Å². The SMILES string of the molecule is CCC(CC)CNc1nnnn1-c1ccccc1. The van der Waals surface area contributed by atoms with E-state index in [1.807, 2.05) is 30.3 Å². The summed E-state index contributed by atoms with van der Waals surface area (Å²) in [5.41, 5.74) is 0.967. The van der Waals surface area contributed by atoms with Gasteiger partial charge in [0, 0.05) is 6.54 Å². The molecule has 0 saturated carbocycles. The minimum absolute atomic E-state index is 0.658. The lowest BCUT2D eigenvalue weighted by molar-refractivity contribution is 0.517.